The second-order valence-corrected chi connectivity index (χ2v) is 5.08. The Bertz CT molecular complexity index is 727. The monoisotopic (exact) mass is 346 g/mol. The van der Waals surface area contributed by atoms with Gasteiger partial charge in [0.25, 0.3) is 5.91 Å². The smallest absolute Gasteiger partial charge is 0.343 e. The van der Waals surface area contributed by atoms with Gasteiger partial charge < -0.3 is 9.47 Å². The van der Waals surface area contributed by atoms with Gasteiger partial charge in [-0.3, -0.25) is 4.79 Å². The van der Waals surface area contributed by atoms with E-state index in [1.54, 1.807) is 48.5 Å². The summed E-state index contributed by atoms with van der Waals surface area (Å²) in [6, 6.07) is 13.3. The Morgan fingerprint density at radius 1 is 1.12 bits per heavy atom. The Labute approximate surface area is 144 Å². The van der Waals surface area contributed by atoms with E-state index in [1.807, 2.05) is 0 Å². The molecule has 0 radical (unpaired) electrons. The largest absolute Gasteiger partial charge is 0.482 e. The Kier molecular flexibility index (Phi) is 6.33. The standard InChI is InChI=1S/C17H15ClN2O4/c1-23-16(21)11-24-15-8-2-12(3-9-15)10-19-20-17(22)13-4-6-14(18)7-5-13/h2-10H,11H2,1H3,(H,20,22)/b19-10-. The number of hydrazone groups is 1. The quantitative estimate of drug-likeness (QED) is 0.495. The first-order chi connectivity index (χ1) is 11.6. The number of ether oxygens (including phenoxy) is 2. The van der Waals surface area contributed by atoms with Crippen LogP contribution >= 0.6 is 11.6 Å². The molecule has 6 nitrogen and oxygen atoms in total. The van der Waals surface area contributed by atoms with Gasteiger partial charge in [-0.2, -0.15) is 5.10 Å². The van der Waals surface area contributed by atoms with Gasteiger partial charge in [-0.05, 0) is 54.1 Å². The van der Waals surface area contributed by atoms with Crippen LogP contribution in [0.2, 0.25) is 5.02 Å². The highest BCUT2D eigenvalue weighted by atomic mass is 35.5. The molecule has 0 heterocycles. The highest BCUT2D eigenvalue weighted by molar-refractivity contribution is 6.30. The SMILES string of the molecule is COC(=O)COc1ccc(/C=N\NC(=O)c2ccc(Cl)cc2)cc1. The van der Waals surface area contributed by atoms with E-state index in [9.17, 15) is 9.59 Å². The summed E-state index contributed by atoms with van der Waals surface area (Å²) >= 11 is 5.76. The molecular weight excluding hydrogens is 332 g/mol. The minimum Gasteiger partial charge on any atom is -0.482 e. The van der Waals surface area contributed by atoms with Gasteiger partial charge in [-0.25, -0.2) is 10.2 Å². The van der Waals surface area contributed by atoms with Gasteiger partial charge in [0.2, 0.25) is 0 Å². The van der Waals surface area contributed by atoms with Crippen molar-refractivity contribution in [3.63, 3.8) is 0 Å². The van der Waals surface area contributed by atoms with Crippen LogP contribution in [-0.4, -0.2) is 31.8 Å². The van der Waals surface area contributed by atoms with Gasteiger partial charge >= 0.3 is 5.97 Å². The van der Waals surface area contributed by atoms with Crippen LogP contribution in [0, 0.1) is 0 Å². The van der Waals surface area contributed by atoms with Crippen LogP contribution in [0.3, 0.4) is 0 Å². The van der Waals surface area contributed by atoms with Gasteiger partial charge in [0, 0.05) is 10.6 Å². The predicted molar refractivity (Wildman–Crippen MR) is 90.5 cm³/mol. The Morgan fingerprint density at radius 3 is 2.42 bits per heavy atom. The third-order valence-corrected chi connectivity index (χ3v) is 3.20. The van der Waals surface area contributed by atoms with Crippen molar-refractivity contribution in [1.29, 1.82) is 0 Å². The van der Waals surface area contributed by atoms with E-state index in [2.05, 4.69) is 15.3 Å². The molecule has 124 valence electrons. The molecule has 0 saturated heterocycles. The molecule has 2 aromatic rings. The maximum Gasteiger partial charge on any atom is 0.343 e. The molecule has 0 spiro atoms. The topological polar surface area (TPSA) is 77.0 Å². The van der Waals surface area contributed by atoms with E-state index in [-0.39, 0.29) is 12.5 Å². The van der Waals surface area contributed by atoms with Crippen molar-refractivity contribution in [1.82, 2.24) is 5.43 Å². The van der Waals surface area contributed by atoms with Crippen LogP contribution in [0.25, 0.3) is 0 Å². The summed E-state index contributed by atoms with van der Waals surface area (Å²) in [5.74, 6) is -0.255. The maximum absolute atomic E-state index is 11.8. The van der Waals surface area contributed by atoms with Gasteiger partial charge in [0.05, 0.1) is 13.3 Å². The number of halogens is 1. The lowest BCUT2D eigenvalue weighted by Crippen LogP contribution is -2.17. The van der Waals surface area contributed by atoms with Crippen LogP contribution in [0.15, 0.2) is 53.6 Å². The van der Waals surface area contributed by atoms with Crippen LogP contribution < -0.4 is 10.2 Å². The molecule has 1 amide bonds. The van der Waals surface area contributed by atoms with Crippen LogP contribution in [0.5, 0.6) is 5.75 Å². The lowest BCUT2D eigenvalue weighted by atomic mass is 10.2. The van der Waals surface area contributed by atoms with Gasteiger partial charge in [-0.1, -0.05) is 11.6 Å². The molecule has 0 aliphatic heterocycles. The zero-order chi connectivity index (χ0) is 17.4. The molecule has 0 unspecified atom stereocenters. The highest BCUT2D eigenvalue weighted by Crippen LogP contribution is 2.11. The fraction of sp³-hybridized carbons (Fsp3) is 0.118. The average molecular weight is 347 g/mol. The first-order valence-corrected chi connectivity index (χ1v) is 7.35. The van der Waals surface area contributed by atoms with Gasteiger partial charge in [0.15, 0.2) is 6.61 Å². The first kappa shape index (κ1) is 17.5. The summed E-state index contributed by atoms with van der Waals surface area (Å²) < 4.78 is 9.71. The number of nitrogens with one attached hydrogen (secondary N) is 1. The summed E-state index contributed by atoms with van der Waals surface area (Å²) in [6.45, 7) is -0.152. The van der Waals surface area contributed by atoms with Crippen molar-refractivity contribution < 1.29 is 19.1 Å². The Morgan fingerprint density at radius 2 is 1.79 bits per heavy atom. The second-order valence-electron chi connectivity index (χ2n) is 4.64. The molecule has 0 aliphatic rings. The summed E-state index contributed by atoms with van der Waals surface area (Å²) in [5.41, 5.74) is 3.65. The number of methoxy groups -OCH3 is 1. The van der Waals surface area contributed by atoms with E-state index in [4.69, 9.17) is 16.3 Å². The summed E-state index contributed by atoms with van der Waals surface area (Å²) in [5, 5.41) is 4.44. The van der Waals surface area contributed by atoms with Gasteiger partial charge in [-0.15, -0.1) is 0 Å². The zero-order valence-electron chi connectivity index (χ0n) is 12.9. The molecule has 0 atom stereocenters. The maximum atomic E-state index is 11.8. The van der Waals surface area contributed by atoms with E-state index >= 15 is 0 Å². The van der Waals surface area contributed by atoms with E-state index in [1.165, 1.54) is 13.3 Å². The number of amides is 1. The predicted octanol–water partition coefficient (Wildman–Crippen LogP) is 2.66. The number of hydrogen-bond acceptors (Lipinski definition) is 5. The minimum atomic E-state index is -0.453. The number of esters is 1. The molecule has 24 heavy (non-hydrogen) atoms. The molecule has 2 aromatic carbocycles. The molecule has 2 rings (SSSR count). The number of carbonyl (C=O) groups is 2. The van der Waals surface area contributed by atoms with E-state index < -0.39 is 5.97 Å². The molecular formula is C17H15ClN2O4. The van der Waals surface area contributed by atoms with Crippen LogP contribution in [0.4, 0.5) is 0 Å². The third kappa shape index (κ3) is 5.40. The lowest BCUT2D eigenvalue weighted by Gasteiger charge is -2.04. The summed E-state index contributed by atoms with van der Waals surface area (Å²) in [7, 11) is 1.30. The number of hydrogen-bond donors (Lipinski definition) is 1. The molecule has 0 aromatic heterocycles. The molecule has 0 saturated carbocycles. The van der Waals surface area contributed by atoms with Crippen molar-refractivity contribution >= 4 is 29.7 Å². The van der Waals surface area contributed by atoms with Gasteiger partial charge in [0.1, 0.15) is 5.75 Å². The fourth-order valence-electron chi connectivity index (χ4n) is 1.68. The lowest BCUT2D eigenvalue weighted by molar-refractivity contribution is -0.142. The molecule has 0 fully saturated rings. The van der Waals surface area contributed by atoms with Crippen molar-refractivity contribution in [2.24, 2.45) is 5.10 Å². The fourth-order valence-corrected chi connectivity index (χ4v) is 1.81. The average Bonchev–Trinajstić information content (AvgIpc) is 2.61. The molecule has 0 aliphatic carbocycles. The number of rotatable bonds is 6. The number of carbonyl (C=O) groups excluding carboxylic acids is 2. The van der Waals surface area contributed by atoms with Crippen molar-refractivity contribution in [2.75, 3.05) is 13.7 Å². The van der Waals surface area contributed by atoms with Crippen molar-refractivity contribution in [2.45, 2.75) is 0 Å². The first-order valence-electron chi connectivity index (χ1n) is 6.97. The van der Waals surface area contributed by atoms with Crippen LogP contribution in [-0.2, 0) is 9.53 Å². The normalized spacial score (nSPS) is 10.4. The van der Waals surface area contributed by atoms with Crippen molar-refractivity contribution in [3.8, 4) is 5.75 Å². The minimum absolute atomic E-state index is 0.152. The van der Waals surface area contributed by atoms with Crippen molar-refractivity contribution in [3.05, 3.63) is 64.7 Å². The Balaban J connectivity index is 1.86. The Hall–Kier alpha value is -2.86. The second kappa shape index (κ2) is 8.69. The number of nitrogens with zero attached hydrogens (tertiary/aromatic N) is 1. The highest BCUT2D eigenvalue weighted by Gasteiger charge is 2.03. The summed E-state index contributed by atoms with van der Waals surface area (Å²) in [6.07, 6.45) is 1.50. The van der Waals surface area contributed by atoms with E-state index in [0.29, 0.717) is 16.3 Å². The molecule has 1 N–H and O–H groups in total. The van der Waals surface area contributed by atoms with Crippen LogP contribution in [0.1, 0.15) is 15.9 Å². The summed E-state index contributed by atoms with van der Waals surface area (Å²) in [4.78, 5) is 22.8. The van der Waals surface area contributed by atoms with E-state index in [0.717, 1.165) is 5.56 Å². The number of benzene rings is 2. The molecule has 7 heteroatoms. The third-order valence-electron chi connectivity index (χ3n) is 2.95. The molecule has 0 bridgehead atoms. The zero-order valence-corrected chi connectivity index (χ0v) is 13.6.